The zero-order valence-electron chi connectivity index (χ0n) is 34.2. The Morgan fingerprint density at radius 3 is 1.79 bits per heavy atom. The number of aromatic amines is 2. The fourth-order valence-corrected chi connectivity index (χ4v) is 8.39. The summed E-state index contributed by atoms with van der Waals surface area (Å²) in [5.74, 6) is 0.935. The van der Waals surface area contributed by atoms with Gasteiger partial charge in [-0.15, -0.1) is 0 Å². The summed E-state index contributed by atoms with van der Waals surface area (Å²) in [7, 11) is 4.02. The molecular weight excluding hydrogens is 777 g/mol. The topological polar surface area (TPSA) is 184 Å². The Bertz CT molecular complexity index is 2520. The minimum Gasteiger partial charge on any atom is -0.453 e. The van der Waals surface area contributed by atoms with Crippen LogP contribution in [0.5, 0.6) is 0 Å². The molecular formula is C46H48N8O7. The average molecular weight is 825 g/mol. The highest BCUT2D eigenvalue weighted by Gasteiger charge is 2.38. The second kappa shape index (κ2) is 18.1. The molecule has 2 fully saturated rings. The molecule has 2 aliphatic heterocycles. The Kier molecular flexibility index (Phi) is 12.1. The maximum absolute atomic E-state index is 13.9. The van der Waals surface area contributed by atoms with Crippen LogP contribution in [0.2, 0.25) is 0 Å². The predicted octanol–water partition coefficient (Wildman–Crippen LogP) is 7.08. The lowest BCUT2D eigenvalue weighted by Gasteiger charge is -2.28. The summed E-state index contributed by atoms with van der Waals surface area (Å²) >= 11 is 0. The number of carbonyl (C=O) groups excluding carboxylic acids is 4. The monoisotopic (exact) mass is 824 g/mol. The SMILES string of the molecule is COC[C@H](NC(=O)OC)C(=O)N1CCC[C@H]1c1ncc(-c2ccc3cc(-c4ccc(-c5cnc([C@@H]6CCCN6C(=O)[C@H](NC(=O)OC)c6ccccc6)[nH]5)cc4)ccc3c2)[nH]1. The molecule has 0 unspecified atom stereocenters. The molecule has 2 aliphatic rings. The summed E-state index contributed by atoms with van der Waals surface area (Å²) in [6.45, 7) is 1.13. The second-order valence-electron chi connectivity index (χ2n) is 15.2. The first-order chi connectivity index (χ1) is 29.7. The van der Waals surface area contributed by atoms with Crippen molar-refractivity contribution in [1.82, 2.24) is 40.4 Å². The van der Waals surface area contributed by atoms with E-state index >= 15 is 0 Å². The lowest BCUT2D eigenvalue weighted by Crippen LogP contribution is -2.50. The van der Waals surface area contributed by atoms with E-state index in [1.54, 1.807) is 22.2 Å². The Morgan fingerprint density at radius 2 is 1.18 bits per heavy atom. The first-order valence-electron chi connectivity index (χ1n) is 20.3. The van der Waals surface area contributed by atoms with Gasteiger partial charge in [-0.05, 0) is 70.8 Å². The second-order valence-corrected chi connectivity index (χ2v) is 15.2. The molecule has 0 bridgehead atoms. The summed E-state index contributed by atoms with van der Waals surface area (Å²) in [5, 5.41) is 7.45. The molecule has 314 valence electrons. The van der Waals surface area contributed by atoms with E-state index in [0.29, 0.717) is 30.3 Å². The number of aromatic nitrogens is 4. The normalized spacial score (nSPS) is 17.2. The molecule has 0 aliphatic carbocycles. The summed E-state index contributed by atoms with van der Waals surface area (Å²) in [5.41, 5.74) is 6.45. The number of rotatable bonds is 12. The average Bonchev–Trinajstić information content (AvgIpc) is 4.15. The number of methoxy groups -OCH3 is 3. The molecule has 2 aromatic heterocycles. The van der Waals surface area contributed by atoms with Gasteiger partial charge in [0.25, 0.3) is 5.91 Å². The van der Waals surface area contributed by atoms with Crippen molar-refractivity contribution in [3.8, 4) is 33.6 Å². The third-order valence-corrected chi connectivity index (χ3v) is 11.5. The third kappa shape index (κ3) is 8.68. The van der Waals surface area contributed by atoms with Gasteiger partial charge in [-0.3, -0.25) is 9.59 Å². The van der Waals surface area contributed by atoms with Gasteiger partial charge >= 0.3 is 12.2 Å². The van der Waals surface area contributed by atoms with E-state index in [-0.39, 0.29) is 30.5 Å². The van der Waals surface area contributed by atoms with Gasteiger partial charge < -0.3 is 44.6 Å². The van der Waals surface area contributed by atoms with Crippen molar-refractivity contribution >= 4 is 34.8 Å². The number of likely N-dealkylation sites (tertiary alicyclic amines) is 2. The van der Waals surface area contributed by atoms with Crippen LogP contribution in [0.3, 0.4) is 0 Å². The summed E-state index contributed by atoms with van der Waals surface area (Å²) in [4.78, 5) is 71.4. The van der Waals surface area contributed by atoms with E-state index in [1.165, 1.54) is 21.3 Å². The fourth-order valence-electron chi connectivity index (χ4n) is 8.39. The fraction of sp³-hybridized carbons (Fsp3) is 0.304. The molecule has 0 radical (unpaired) electrons. The molecule has 0 spiro atoms. The lowest BCUT2D eigenvalue weighted by molar-refractivity contribution is -0.136. The van der Waals surface area contributed by atoms with Crippen molar-refractivity contribution < 1.29 is 33.4 Å². The van der Waals surface area contributed by atoms with Crippen LogP contribution in [0.4, 0.5) is 9.59 Å². The number of nitrogens with zero attached hydrogens (tertiary/aromatic N) is 4. The van der Waals surface area contributed by atoms with Crippen LogP contribution in [-0.4, -0.2) is 101 Å². The van der Waals surface area contributed by atoms with Crippen LogP contribution >= 0.6 is 0 Å². The molecule has 61 heavy (non-hydrogen) atoms. The highest BCUT2D eigenvalue weighted by atomic mass is 16.5. The highest BCUT2D eigenvalue weighted by molar-refractivity contribution is 5.91. The molecule has 4 heterocycles. The Morgan fingerprint density at radius 1 is 0.656 bits per heavy atom. The Labute approximate surface area is 352 Å². The van der Waals surface area contributed by atoms with E-state index < -0.39 is 24.3 Å². The molecule has 4 aromatic carbocycles. The van der Waals surface area contributed by atoms with Gasteiger partial charge in [0.05, 0.1) is 56.7 Å². The molecule has 15 nitrogen and oxygen atoms in total. The van der Waals surface area contributed by atoms with Gasteiger partial charge in [-0.1, -0.05) is 78.9 Å². The van der Waals surface area contributed by atoms with Crippen molar-refractivity contribution in [2.75, 3.05) is 41.0 Å². The minimum atomic E-state index is -0.882. The maximum atomic E-state index is 13.9. The molecule has 2 saturated heterocycles. The van der Waals surface area contributed by atoms with Gasteiger partial charge in [0.2, 0.25) is 5.91 Å². The number of H-pyrrole nitrogens is 2. The zero-order chi connectivity index (χ0) is 42.5. The number of carbonyl (C=O) groups is 4. The van der Waals surface area contributed by atoms with Gasteiger partial charge in [0.15, 0.2) is 0 Å². The van der Waals surface area contributed by atoms with Crippen molar-refractivity contribution in [2.24, 2.45) is 0 Å². The van der Waals surface area contributed by atoms with Crippen LogP contribution < -0.4 is 10.6 Å². The first kappa shape index (κ1) is 40.8. The number of alkyl carbamates (subject to hydrolysis) is 2. The van der Waals surface area contributed by atoms with Crippen LogP contribution in [0.25, 0.3) is 44.4 Å². The standard InChI is InChI=1S/C46H48N8O7/c1-59-27-37(51-45(57)60-2)43(55)53-21-7-11-38(53)41-48-26-36(50-41)34-20-19-32-23-31(17-18-33(32)24-34)28-13-15-29(16-14-28)35-25-47-42(49-35)39-12-8-22-54(39)44(56)40(52-46(58)61-3)30-9-5-4-6-10-30/h4-6,9-10,13-20,23-26,37-40H,7-8,11-12,21-22,27H2,1-3H3,(H,47,49)(H,48,50)(H,51,57)(H,52,58)/t37-,38-,39-,40+/m0/s1. The maximum Gasteiger partial charge on any atom is 0.407 e. The van der Waals surface area contributed by atoms with Gasteiger partial charge in [-0.2, -0.15) is 0 Å². The number of nitrogens with one attached hydrogen (secondary N) is 4. The van der Waals surface area contributed by atoms with E-state index in [2.05, 4.69) is 86.2 Å². The van der Waals surface area contributed by atoms with E-state index in [9.17, 15) is 19.2 Å². The minimum absolute atomic E-state index is 0.0274. The predicted molar refractivity (Wildman–Crippen MR) is 228 cm³/mol. The molecule has 4 atom stereocenters. The Hall–Kier alpha value is -7.00. The van der Waals surface area contributed by atoms with E-state index in [0.717, 1.165) is 70.1 Å². The van der Waals surface area contributed by atoms with Crippen molar-refractivity contribution in [3.63, 3.8) is 0 Å². The van der Waals surface area contributed by atoms with Crippen molar-refractivity contribution in [2.45, 2.75) is 49.9 Å². The summed E-state index contributed by atoms with van der Waals surface area (Å²) in [6, 6.07) is 27.9. The quantitative estimate of drug-likeness (QED) is 0.100. The largest absolute Gasteiger partial charge is 0.453 e. The third-order valence-electron chi connectivity index (χ3n) is 11.5. The molecule has 15 heteroatoms. The van der Waals surface area contributed by atoms with Crippen LogP contribution in [0.15, 0.2) is 103 Å². The number of amides is 4. The van der Waals surface area contributed by atoms with Crippen molar-refractivity contribution in [3.05, 3.63) is 121 Å². The number of hydrogen-bond acceptors (Lipinski definition) is 9. The zero-order valence-corrected chi connectivity index (χ0v) is 34.2. The van der Waals surface area contributed by atoms with Gasteiger partial charge in [-0.25, -0.2) is 19.6 Å². The molecule has 4 N–H and O–H groups in total. The van der Waals surface area contributed by atoms with Crippen LogP contribution in [0.1, 0.15) is 61.0 Å². The number of hydrogen-bond donors (Lipinski definition) is 4. The van der Waals surface area contributed by atoms with Gasteiger partial charge in [0.1, 0.15) is 23.7 Å². The van der Waals surface area contributed by atoms with E-state index in [4.69, 9.17) is 19.2 Å². The smallest absolute Gasteiger partial charge is 0.407 e. The highest BCUT2D eigenvalue weighted by Crippen LogP contribution is 2.36. The number of fused-ring (bicyclic) bond motifs is 1. The van der Waals surface area contributed by atoms with Crippen LogP contribution in [0, 0.1) is 0 Å². The van der Waals surface area contributed by atoms with Crippen molar-refractivity contribution in [1.29, 1.82) is 0 Å². The summed E-state index contributed by atoms with van der Waals surface area (Å²) in [6.07, 6.45) is 5.36. The number of ether oxygens (including phenoxy) is 3. The molecule has 0 saturated carbocycles. The molecule has 8 rings (SSSR count). The number of benzene rings is 4. The number of imidazole rings is 2. The van der Waals surface area contributed by atoms with Gasteiger partial charge in [0, 0.05) is 25.8 Å². The van der Waals surface area contributed by atoms with Crippen LogP contribution in [-0.2, 0) is 23.8 Å². The molecule has 4 amide bonds. The summed E-state index contributed by atoms with van der Waals surface area (Å²) < 4.78 is 14.7. The Balaban J connectivity index is 0.940. The lowest BCUT2D eigenvalue weighted by atomic mass is 9.98. The molecule has 6 aromatic rings. The van der Waals surface area contributed by atoms with E-state index in [1.807, 2.05) is 30.3 Å². The first-order valence-corrected chi connectivity index (χ1v) is 20.3.